The second-order valence-corrected chi connectivity index (χ2v) is 10.6. The van der Waals surface area contributed by atoms with Crippen LogP contribution in [0.5, 0.6) is 0 Å². The third-order valence-corrected chi connectivity index (χ3v) is 6.53. The van der Waals surface area contributed by atoms with E-state index in [1.54, 1.807) is 36.8 Å². The lowest BCUT2D eigenvalue weighted by molar-refractivity contribution is 0.0588. The third kappa shape index (κ3) is 6.22. The van der Waals surface area contributed by atoms with Crippen LogP contribution in [0.2, 0.25) is 0 Å². The van der Waals surface area contributed by atoms with Crippen molar-refractivity contribution in [2.24, 2.45) is 0 Å². The Bertz CT molecular complexity index is 1330. The predicted octanol–water partition coefficient (Wildman–Crippen LogP) is 6.05. The second kappa shape index (κ2) is 10.7. The molecule has 3 heterocycles. The molecule has 4 aromatic rings. The highest BCUT2D eigenvalue weighted by atomic mass is 32.1. The van der Waals surface area contributed by atoms with Gasteiger partial charge in [-0.25, -0.2) is 19.2 Å². The number of rotatable bonds is 7. The number of carbonyl (C=O) groups excluding carboxylic acids is 1. The largest absolute Gasteiger partial charge is 0.443 e. The zero-order valence-electron chi connectivity index (χ0n) is 20.7. The fraction of sp³-hybridized carbons (Fsp3) is 0.333. The van der Waals surface area contributed by atoms with Gasteiger partial charge in [-0.2, -0.15) is 0 Å². The molecule has 0 saturated carbocycles. The molecule has 36 heavy (non-hydrogen) atoms. The van der Waals surface area contributed by atoms with Crippen LogP contribution in [-0.2, 0) is 11.2 Å². The summed E-state index contributed by atoms with van der Waals surface area (Å²) in [6, 6.07) is 13.5. The first-order chi connectivity index (χ1) is 17.1. The standard InChI is InChI=1S/C27H29FN4O3S/c1-27(2,3)35-26(34)32(4)24-12-8-18(15-30-24)21-11-7-19(16-29-21)25-31-22-10-6-17(13-23(22)36-25)5-9-20(33)14-28/h6-8,10-13,15-16,20,33H,5,9,14H2,1-4H3. The van der Waals surface area contributed by atoms with Crippen molar-refractivity contribution in [3.05, 3.63) is 60.4 Å². The van der Waals surface area contributed by atoms with E-state index in [4.69, 9.17) is 9.72 Å². The summed E-state index contributed by atoms with van der Waals surface area (Å²) in [5.74, 6) is 0.484. The van der Waals surface area contributed by atoms with Crippen molar-refractivity contribution in [2.75, 3.05) is 18.6 Å². The number of ether oxygens (including phenoxy) is 1. The molecule has 1 unspecified atom stereocenters. The number of aliphatic hydroxyl groups is 1. The molecule has 4 rings (SSSR count). The van der Waals surface area contributed by atoms with Gasteiger partial charge in [0.2, 0.25) is 0 Å². The van der Waals surface area contributed by atoms with Gasteiger partial charge in [-0.3, -0.25) is 9.88 Å². The summed E-state index contributed by atoms with van der Waals surface area (Å²) in [6.45, 7) is 4.73. The van der Waals surface area contributed by atoms with E-state index in [0.29, 0.717) is 18.7 Å². The summed E-state index contributed by atoms with van der Waals surface area (Å²) in [5.41, 5.74) is 3.85. The highest BCUT2D eigenvalue weighted by Gasteiger charge is 2.21. The normalized spacial score (nSPS) is 12.5. The number of carbonyl (C=O) groups is 1. The van der Waals surface area contributed by atoms with E-state index in [9.17, 15) is 14.3 Å². The van der Waals surface area contributed by atoms with Crippen LogP contribution in [0.4, 0.5) is 15.0 Å². The van der Waals surface area contributed by atoms with E-state index in [-0.39, 0.29) is 0 Å². The van der Waals surface area contributed by atoms with Crippen molar-refractivity contribution in [1.82, 2.24) is 15.0 Å². The Labute approximate surface area is 213 Å². The molecular weight excluding hydrogens is 479 g/mol. The number of aryl methyl sites for hydroxylation is 1. The first kappa shape index (κ1) is 25.7. The van der Waals surface area contributed by atoms with Crippen molar-refractivity contribution in [3.8, 4) is 21.8 Å². The molecule has 0 spiro atoms. The Kier molecular flexibility index (Phi) is 7.61. The number of amides is 1. The van der Waals surface area contributed by atoms with E-state index in [1.807, 2.05) is 57.2 Å². The van der Waals surface area contributed by atoms with E-state index in [2.05, 4.69) is 9.97 Å². The van der Waals surface area contributed by atoms with Crippen molar-refractivity contribution in [2.45, 2.75) is 45.3 Å². The van der Waals surface area contributed by atoms with Crippen molar-refractivity contribution in [1.29, 1.82) is 0 Å². The molecule has 0 aliphatic carbocycles. The first-order valence-electron chi connectivity index (χ1n) is 11.7. The lowest BCUT2D eigenvalue weighted by Gasteiger charge is -2.24. The quantitative estimate of drug-likeness (QED) is 0.327. The van der Waals surface area contributed by atoms with Gasteiger partial charge in [-0.1, -0.05) is 6.07 Å². The maximum Gasteiger partial charge on any atom is 0.415 e. The van der Waals surface area contributed by atoms with Crippen LogP contribution >= 0.6 is 11.3 Å². The van der Waals surface area contributed by atoms with Crippen LogP contribution in [0.1, 0.15) is 32.8 Å². The molecule has 9 heteroatoms. The molecule has 3 aromatic heterocycles. The highest BCUT2D eigenvalue weighted by Crippen LogP contribution is 2.31. The summed E-state index contributed by atoms with van der Waals surface area (Å²) in [7, 11) is 1.62. The molecule has 0 saturated heterocycles. The molecule has 1 atom stereocenters. The topological polar surface area (TPSA) is 88.4 Å². The number of alkyl halides is 1. The minimum Gasteiger partial charge on any atom is -0.443 e. The number of anilines is 1. The summed E-state index contributed by atoms with van der Waals surface area (Å²) in [4.78, 5) is 27.3. The number of hydrogen-bond acceptors (Lipinski definition) is 7. The molecule has 0 bridgehead atoms. The lowest BCUT2D eigenvalue weighted by atomic mass is 10.1. The van der Waals surface area contributed by atoms with E-state index in [1.165, 1.54) is 4.90 Å². The Balaban J connectivity index is 1.46. The second-order valence-electron chi connectivity index (χ2n) is 9.54. The number of pyridine rings is 2. The number of benzene rings is 1. The Morgan fingerprint density at radius 1 is 1.11 bits per heavy atom. The number of aliphatic hydroxyl groups excluding tert-OH is 1. The molecule has 0 aliphatic heterocycles. The van der Waals surface area contributed by atoms with Gasteiger partial charge in [0.25, 0.3) is 0 Å². The zero-order valence-corrected chi connectivity index (χ0v) is 21.6. The van der Waals surface area contributed by atoms with Crippen LogP contribution in [0.3, 0.4) is 0 Å². The van der Waals surface area contributed by atoms with Gasteiger partial charge in [0.05, 0.1) is 22.0 Å². The van der Waals surface area contributed by atoms with Crippen molar-refractivity contribution < 1.29 is 19.0 Å². The number of nitrogens with zero attached hydrogens (tertiary/aromatic N) is 4. The maximum atomic E-state index is 12.5. The van der Waals surface area contributed by atoms with Gasteiger partial charge in [0.1, 0.15) is 23.1 Å². The van der Waals surface area contributed by atoms with Crippen LogP contribution in [0.15, 0.2) is 54.9 Å². The van der Waals surface area contributed by atoms with Gasteiger partial charge in [-0.05, 0) is 75.6 Å². The lowest BCUT2D eigenvalue weighted by Crippen LogP contribution is -2.34. The summed E-state index contributed by atoms with van der Waals surface area (Å²) >= 11 is 1.57. The van der Waals surface area contributed by atoms with Gasteiger partial charge in [-0.15, -0.1) is 11.3 Å². The minimum atomic E-state index is -0.917. The molecule has 1 aromatic carbocycles. The molecular formula is C27H29FN4O3S. The van der Waals surface area contributed by atoms with Gasteiger partial charge < -0.3 is 9.84 Å². The zero-order chi connectivity index (χ0) is 25.9. The minimum absolute atomic E-state index is 0.395. The van der Waals surface area contributed by atoms with Crippen molar-refractivity contribution in [3.63, 3.8) is 0 Å². The van der Waals surface area contributed by atoms with Crippen LogP contribution in [0, 0.1) is 0 Å². The van der Waals surface area contributed by atoms with Crippen molar-refractivity contribution >= 4 is 33.5 Å². The average Bonchev–Trinajstić information content (AvgIpc) is 3.29. The maximum absolute atomic E-state index is 12.5. The number of fused-ring (bicyclic) bond motifs is 1. The van der Waals surface area contributed by atoms with E-state index >= 15 is 0 Å². The fourth-order valence-corrected chi connectivity index (χ4v) is 4.53. The van der Waals surface area contributed by atoms with Crippen LogP contribution < -0.4 is 4.90 Å². The van der Waals surface area contributed by atoms with E-state index < -0.39 is 24.5 Å². The summed E-state index contributed by atoms with van der Waals surface area (Å²) in [5, 5.41) is 10.3. The van der Waals surface area contributed by atoms with Gasteiger partial charge >= 0.3 is 6.09 Å². The number of thiazole rings is 1. The molecule has 0 fully saturated rings. The van der Waals surface area contributed by atoms with Crippen LogP contribution in [-0.4, -0.2) is 51.6 Å². The molecule has 0 aliphatic rings. The Hall–Kier alpha value is -3.43. The third-order valence-electron chi connectivity index (χ3n) is 5.46. The Morgan fingerprint density at radius 2 is 1.86 bits per heavy atom. The summed E-state index contributed by atoms with van der Waals surface area (Å²) < 4.78 is 18.9. The average molecular weight is 509 g/mol. The number of hydrogen-bond donors (Lipinski definition) is 1. The van der Waals surface area contributed by atoms with Crippen LogP contribution in [0.25, 0.3) is 32.0 Å². The molecule has 0 radical (unpaired) electrons. The highest BCUT2D eigenvalue weighted by molar-refractivity contribution is 7.21. The molecule has 1 amide bonds. The monoisotopic (exact) mass is 508 g/mol. The predicted molar refractivity (Wildman–Crippen MR) is 141 cm³/mol. The smallest absolute Gasteiger partial charge is 0.415 e. The van der Waals surface area contributed by atoms with Gasteiger partial charge in [0, 0.05) is 30.6 Å². The van der Waals surface area contributed by atoms with E-state index in [0.717, 1.165) is 37.6 Å². The van der Waals surface area contributed by atoms with Gasteiger partial charge in [0.15, 0.2) is 0 Å². The first-order valence-corrected chi connectivity index (χ1v) is 12.5. The summed E-state index contributed by atoms with van der Waals surface area (Å²) in [6.07, 6.45) is 3.09. The number of aromatic nitrogens is 3. The molecule has 188 valence electrons. The molecule has 1 N–H and O–H groups in total. The SMILES string of the molecule is CN(C(=O)OC(C)(C)C)c1ccc(-c2ccc(-c3nc4ccc(CCC(O)CF)cc4s3)cn2)cn1. The number of halogens is 1. The molecule has 7 nitrogen and oxygen atoms in total. The fourth-order valence-electron chi connectivity index (χ4n) is 3.51. The Morgan fingerprint density at radius 3 is 2.50 bits per heavy atom.